The second kappa shape index (κ2) is 6.23. The second-order valence-electron chi connectivity index (χ2n) is 4.98. The molecule has 0 atom stereocenters. The molecule has 4 heteroatoms. The van der Waals surface area contributed by atoms with Crippen molar-refractivity contribution in [3.8, 4) is 11.8 Å². The molecule has 0 bridgehead atoms. The van der Waals surface area contributed by atoms with Gasteiger partial charge in [0.05, 0.1) is 6.61 Å². The predicted octanol–water partition coefficient (Wildman–Crippen LogP) is 2.40. The monoisotopic (exact) mass is 277 g/mol. The number of nitrogens with one attached hydrogen (secondary N) is 1. The van der Waals surface area contributed by atoms with Gasteiger partial charge in [0.2, 0.25) is 0 Å². The highest BCUT2D eigenvalue weighted by atomic mass is 32.1. The van der Waals surface area contributed by atoms with Crippen molar-refractivity contribution in [1.29, 1.82) is 0 Å². The maximum atomic E-state index is 12.1. The molecule has 1 fully saturated rings. The number of rotatable bonds is 5. The third-order valence-electron chi connectivity index (χ3n) is 3.66. The van der Waals surface area contributed by atoms with Gasteiger partial charge in [-0.1, -0.05) is 18.8 Å². The maximum absolute atomic E-state index is 12.1. The van der Waals surface area contributed by atoms with Gasteiger partial charge in [0.15, 0.2) is 0 Å². The number of aliphatic hydroxyl groups excluding tert-OH is 1. The van der Waals surface area contributed by atoms with E-state index < -0.39 is 0 Å². The van der Waals surface area contributed by atoms with E-state index in [9.17, 15) is 4.79 Å². The van der Waals surface area contributed by atoms with Gasteiger partial charge < -0.3 is 10.4 Å². The Kier molecular flexibility index (Phi) is 4.62. The lowest BCUT2D eigenvalue weighted by Crippen LogP contribution is -2.29. The quantitative estimate of drug-likeness (QED) is 0.812. The van der Waals surface area contributed by atoms with E-state index in [-0.39, 0.29) is 12.5 Å². The molecule has 1 amide bonds. The molecule has 0 radical (unpaired) electrons. The molecule has 1 aromatic rings. The molecule has 0 aliphatic heterocycles. The van der Waals surface area contributed by atoms with Crippen LogP contribution in [0.2, 0.25) is 0 Å². The summed E-state index contributed by atoms with van der Waals surface area (Å²) in [4.78, 5) is 12.8. The van der Waals surface area contributed by atoms with Gasteiger partial charge in [-0.2, -0.15) is 0 Å². The van der Waals surface area contributed by atoms with Crippen LogP contribution in [0.4, 0.5) is 0 Å². The smallest absolute Gasteiger partial charge is 0.262 e. The van der Waals surface area contributed by atoms with Gasteiger partial charge in [-0.25, -0.2) is 0 Å². The summed E-state index contributed by atoms with van der Waals surface area (Å²) in [6.45, 7) is 3.00. The van der Waals surface area contributed by atoms with Crippen LogP contribution in [0.25, 0.3) is 0 Å². The van der Waals surface area contributed by atoms with Crippen molar-refractivity contribution in [2.24, 2.45) is 5.41 Å². The van der Waals surface area contributed by atoms with E-state index >= 15 is 0 Å². The Morgan fingerprint density at radius 3 is 3.00 bits per heavy atom. The molecule has 0 unspecified atom stereocenters. The summed E-state index contributed by atoms with van der Waals surface area (Å²) in [6, 6.07) is 1.86. The molecule has 19 heavy (non-hydrogen) atoms. The number of thiophene rings is 1. The van der Waals surface area contributed by atoms with Crippen LogP contribution in [0.15, 0.2) is 11.4 Å². The van der Waals surface area contributed by atoms with Crippen LogP contribution in [0.1, 0.15) is 47.8 Å². The van der Waals surface area contributed by atoms with E-state index in [1.807, 2.05) is 11.4 Å². The van der Waals surface area contributed by atoms with E-state index in [0.717, 1.165) is 18.5 Å². The normalized spacial score (nSPS) is 15.5. The molecular weight excluding hydrogens is 258 g/mol. The second-order valence-corrected chi connectivity index (χ2v) is 5.89. The van der Waals surface area contributed by atoms with Gasteiger partial charge in [-0.3, -0.25) is 4.79 Å². The Morgan fingerprint density at radius 1 is 1.58 bits per heavy atom. The molecule has 2 rings (SSSR count). The lowest BCUT2D eigenvalue weighted by atomic mass is 10.0. The number of hydrogen-bond donors (Lipinski definition) is 2. The summed E-state index contributed by atoms with van der Waals surface area (Å²) in [6.07, 6.45) is 4.01. The van der Waals surface area contributed by atoms with Gasteiger partial charge in [0.25, 0.3) is 5.91 Å². The van der Waals surface area contributed by atoms with Gasteiger partial charge in [-0.05, 0) is 36.1 Å². The number of aliphatic hydroxyl groups is 1. The number of carbonyl (C=O) groups is 1. The first-order valence-corrected chi connectivity index (χ1v) is 7.54. The van der Waals surface area contributed by atoms with Crippen LogP contribution in [-0.4, -0.2) is 24.2 Å². The third-order valence-corrected chi connectivity index (χ3v) is 4.58. The minimum atomic E-state index is -0.0250. The molecule has 1 aliphatic carbocycles. The molecule has 3 nitrogen and oxygen atoms in total. The molecule has 0 spiro atoms. The van der Waals surface area contributed by atoms with Crippen molar-refractivity contribution in [2.45, 2.75) is 32.6 Å². The van der Waals surface area contributed by atoms with Crippen LogP contribution >= 0.6 is 11.3 Å². The van der Waals surface area contributed by atoms with Crippen LogP contribution in [0.5, 0.6) is 0 Å². The fourth-order valence-corrected chi connectivity index (χ4v) is 2.74. The predicted molar refractivity (Wildman–Crippen MR) is 77.2 cm³/mol. The first kappa shape index (κ1) is 14.1. The van der Waals surface area contributed by atoms with Crippen molar-refractivity contribution in [1.82, 2.24) is 5.32 Å². The zero-order valence-electron chi connectivity index (χ0n) is 11.2. The molecule has 1 aromatic heterocycles. The maximum Gasteiger partial charge on any atom is 0.262 e. The lowest BCUT2D eigenvalue weighted by Gasteiger charge is -2.12. The van der Waals surface area contributed by atoms with E-state index in [1.165, 1.54) is 24.2 Å². The molecule has 102 valence electrons. The Bertz CT molecular complexity index is 506. The first-order valence-electron chi connectivity index (χ1n) is 6.66. The van der Waals surface area contributed by atoms with Gasteiger partial charge in [-0.15, -0.1) is 11.3 Å². The molecule has 1 aliphatic rings. The highest BCUT2D eigenvalue weighted by Crippen LogP contribution is 2.47. The average Bonchev–Trinajstić information content (AvgIpc) is 3.07. The third kappa shape index (κ3) is 3.59. The van der Waals surface area contributed by atoms with Crippen molar-refractivity contribution >= 4 is 17.2 Å². The summed E-state index contributed by atoms with van der Waals surface area (Å²) in [5, 5.41) is 13.6. The van der Waals surface area contributed by atoms with Crippen molar-refractivity contribution < 1.29 is 9.90 Å². The fraction of sp³-hybridized carbons (Fsp3) is 0.533. The Hall–Kier alpha value is -1.31. The topological polar surface area (TPSA) is 49.3 Å². The molecule has 1 heterocycles. The van der Waals surface area contributed by atoms with Crippen molar-refractivity contribution in [2.75, 3.05) is 13.2 Å². The van der Waals surface area contributed by atoms with Crippen LogP contribution in [-0.2, 0) is 0 Å². The summed E-state index contributed by atoms with van der Waals surface area (Å²) < 4.78 is 0. The summed E-state index contributed by atoms with van der Waals surface area (Å²) in [5.41, 5.74) is 1.12. The van der Waals surface area contributed by atoms with Gasteiger partial charge in [0, 0.05) is 18.5 Å². The Morgan fingerprint density at radius 2 is 2.37 bits per heavy atom. The van der Waals surface area contributed by atoms with E-state index in [4.69, 9.17) is 5.11 Å². The zero-order valence-corrected chi connectivity index (χ0v) is 12.0. The largest absolute Gasteiger partial charge is 0.395 e. The van der Waals surface area contributed by atoms with E-state index in [2.05, 4.69) is 24.1 Å². The SMILES string of the molecule is CCC1(CNC(=O)c2sccc2C#CCCO)CC1. The average molecular weight is 277 g/mol. The van der Waals surface area contributed by atoms with Gasteiger partial charge in [0.1, 0.15) is 4.88 Å². The first-order chi connectivity index (χ1) is 9.21. The number of amides is 1. The number of carbonyl (C=O) groups excluding carboxylic acids is 1. The fourth-order valence-electron chi connectivity index (χ4n) is 1.98. The van der Waals surface area contributed by atoms with Crippen LogP contribution < -0.4 is 5.32 Å². The molecule has 2 N–H and O–H groups in total. The summed E-state index contributed by atoms with van der Waals surface area (Å²) in [5.74, 6) is 5.77. The Balaban J connectivity index is 1.96. The highest BCUT2D eigenvalue weighted by Gasteiger charge is 2.40. The van der Waals surface area contributed by atoms with Crippen molar-refractivity contribution in [3.63, 3.8) is 0 Å². The van der Waals surface area contributed by atoms with Crippen LogP contribution in [0.3, 0.4) is 0 Å². The highest BCUT2D eigenvalue weighted by molar-refractivity contribution is 7.12. The molecule has 0 aromatic carbocycles. The van der Waals surface area contributed by atoms with E-state index in [1.54, 1.807) is 0 Å². The molecule has 1 saturated carbocycles. The summed E-state index contributed by atoms with van der Waals surface area (Å²) >= 11 is 1.42. The minimum Gasteiger partial charge on any atom is -0.395 e. The summed E-state index contributed by atoms with van der Waals surface area (Å²) in [7, 11) is 0. The van der Waals surface area contributed by atoms with Gasteiger partial charge >= 0.3 is 0 Å². The minimum absolute atomic E-state index is 0.0250. The molecular formula is C15H19NO2S. The van der Waals surface area contributed by atoms with Crippen molar-refractivity contribution in [3.05, 3.63) is 21.9 Å². The zero-order chi connectivity index (χ0) is 13.7. The Labute approximate surface area is 118 Å². The lowest BCUT2D eigenvalue weighted by molar-refractivity contribution is 0.0948. The number of hydrogen-bond acceptors (Lipinski definition) is 3. The van der Waals surface area contributed by atoms with E-state index in [0.29, 0.717) is 16.7 Å². The standard InChI is InChI=1S/C15H19NO2S/c1-2-15(7-8-15)11-16-14(18)13-12(6-10-19-13)5-3-4-9-17/h6,10,17H,2,4,7-9,11H2,1H3,(H,16,18). The molecule has 0 saturated heterocycles. The van der Waals surface area contributed by atoms with Crippen LogP contribution in [0, 0.1) is 17.3 Å².